The summed E-state index contributed by atoms with van der Waals surface area (Å²) >= 11 is 0. The molecule has 6 nitrogen and oxygen atoms in total. The smallest absolute Gasteiger partial charge is 0.328 e. The van der Waals surface area contributed by atoms with Gasteiger partial charge in [0.1, 0.15) is 0 Å². The van der Waals surface area contributed by atoms with E-state index < -0.39 is 16.1 Å². The molecule has 0 heterocycles. The average Bonchev–Trinajstić information content (AvgIpc) is 2.53. The molecule has 2 N–H and O–H groups in total. The Labute approximate surface area is 148 Å². The molecule has 0 fully saturated rings. The summed E-state index contributed by atoms with van der Waals surface area (Å²) in [5.74, 6) is 0. The highest BCUT2D eigenvalue weighted by molar-refractivity contribution is 7.90. The molecule has 134 valence electrons. The van der Waals surface area contributed by atoms with Crippen molar-refractivity contribution in [3.05, 3.63) is 65.2 Å². The minimum Gasteiger partial charge on any atom is -0.333 e. The number of carbonyl (C=O) groups excluding carboxylic acids is 1. The Morgan fingerprint density at radius 1 is 0.960 bits per heavy atom. The molecule has 25 heavy (non-hydrogen) atoms. The highest BCUT2D eigenvalue weighted by Gasteiger charge is 2.16. The van der Waals surface area contributed by atoms with Crippen LogP contribution < -0.4 is 10.0 Å². The van der Waals surface area contributed by atoms with Crippen molar-refractivity contribution in [2.45, 2.75) is 24.9 Å². The Kier molecular flexibility index (Phi) is 6.17. The lowest BCUT2D eigenvalue weighted by Gasteiger charge is -2.11. The largest absolute Gasteiger partial charge is 0.333 e. The quantitative estimate of drug-likeness (QED) is 0.827. The second-order valence-corrected chi connectivity index (χ2v) is 7.84. The number of nitrogens with zero attached hydrogens (tertiary/aromatic N) is 1. The Balaban J connectivity index is 1.90. The van der Waals surface area contributed by atoms with Crippen LogP contribution in [0.4, 0.5) is 4.79 Å². The molecule has 0 aliphatic rings. The molecule has 0 aliphatic heterocycles. The van der Waals surface area contributed by atoms with Gasteiger partial charge >= 0.3 is 6.03 Å². The SMILES string of the molecule is Cc1ccc(S(=O)(=O)NC(=O)NCc2ccc(CN(C)C)cc2)cc1. The van der Waals surface area contributed by atoms with Crippen LogP contribution in [0, 0.1) is 6.92 Å². The number of carbonyl (C=O) groups is 1. The number of urea groups is 1. The van der Waals surface area contributed by atoms with Gasteiger partial charge in [0.05, 0.1) is 4.90 Å². The van der Waals surface area contributed by atoms with Gasteiger partial charge in [0, 0.05) is 13.1 Å². The maximum absolute atomic E-state index is 12.1. The lowest BCUT2D eigenvalue weighted by molar-refractivity contribution is 0.245. The van der Waals surface area contributed by atoms with Gasteiger partial charge in [-0.15, -0.1) is 0 Å². The molecule has 0 unspecified atom stereocenters. The van der Waals surface area contributed by atoms with Crippen LogP contribution in [0.5, 0.6) is 0 Å². The summed E-state index contributed by atoms with van der Waals surface area (Å²) in [4.78, 5) is 14.0. The van der Waals surface area contributed by atoms with Crippen LogP contribution in [-0.2, 0) is 23.1 Å². The average molecular weight is 361 g/mol. The topological polar surface area (TPSA) is 78.5 Å². The zero-order chi connectivity index (χ0) is 18.4. The van der Waals surface area contributed by atoms with E-state index in [0.717, 1.165) is 17.7 Å². The highest BCUT2D eigenvalue weighted by atomic mass is 32.2. The van der Waals surface area contributed by atoms with Crippen LogP contribution in [0.1, 0.15) is 16.7 Å². The standard InChI is InChI=1S/C18H23N3O3S/c1-14-4-10-17(11-5-14)25(23,24)20-18(22)19-12-15-6-8-16(9-7-15)13-21(2)3/h4-11H,12-13H2,1-3H3,(H2,19,20,22). The summed E-state index contributed by atoms with van der Waals surface area (Å²) in [6.45, 7) is 2.95. The van der Waals surface area contributed by atoms with Gasteiger partial charge in [-0.3, -0.25) is 0 Å². The number of nitrogens with one attached hydrogen (secondary N) is 2. The summed E-state index contributed by atoms with van der Waals surface area (Å²) in [6, 6.07) is 13.3. The molecule has 2 rings (SSSR count). The molecule has 2 aromatic rings. The monoisotopic (exact) mass is 361 g/mol. The maximum Gasteiger partial charge on any atom is 0.328 e. The van der Waals surface area contributed by atoms with Crippen molar-refractivity contribution in [1.29, 1.82) is 0 Å². The van der Waals surface area contributed by atoms with E-state index in [4.69, 9.17) is 0 Å². The van der Waals surface area contributed by atoms with Gasteiger partial charge in [0.15, 0.2) is 0 Å². The molecule has 0 radical (unpaired) electrons. The molecule has 2 aromatic carbocycles. The van der Waals surface area contributed by atoms with E-state index in [2.05, 4.69) is 10.2 Å². The van der Waals surface area contributed by atoms with E-state index in [0.29, 0.717) is 0 Å². The zero-order valence-corrected chi connectivity index (χ0v) is 15.4. The number of rotatable bonds is 6. The summed E-state index contributed by atoms with van der Waals surface area (Å²) in [7, 11) is 0.120. The van der Waals surface area contributed by atoms with Crippen LogP contribution in [0.3, 0.4) is 0 Å². The van der Waals surface area contributed by atoms with Crippen LogP contribution in [-0.4, -0.2) is 33.4 Å². The molecule has 0 saturated carbocycles. The van der Waals surface area contributed by atoms with Crippen LogP contribution in [0.2, 0.25) is 0 Å². The lowest BCUT2D eigenvalue weighted by atomic mass is 10.1. The predicted octanol–water partition coefficient (Wildman–Crippen LogP) is 2.24. The normalized spacial score (nSPS) is 11.4. The van der Waals surface area contributed by atoms with Gasteiger partial charge in [-0.2, -0.15) is 0 Å². The molecule has 0 saturated heterocycles. The summed E-state index contributed by atoms with van der Waals surface area (Å²) in [5.41, 5.74) is 3.01. The van der Waals surface area contributed by atoms with E-state index in [1.165, 1.54) is 17.7 Å². The third-order valence-electron chi connectivity index (χ3n) is 3.53. The van der Waals surface area contributed by atoms with E-state index >= 15 is 0 Å². The van der Waals surface area contributed by atoms with E-state index in [1.54, 1.807) is 12.1 Å². The number of aryl methyl sites for hydroxylation is 1. The molecule has 0 bridgehead atoms. The predicted molar refractivity (Wildman–Crippen MR) is 97.6 cm³/mol. The minimum atomic E-state index is -3.87. The van der Waals surface area contributed by atoms with Gasteiger partial charge in [0.25, 0.3) is 10.0 Å². The van der Waals surface area contributed by atoms with Gasteiger partial charge in [-0.05, 0) is 44.3 Å². The summed E-state index contributed by atoms with van der Waals surface area (Å²) < 4.78 is 26.3. The number of hydrogen-bond acceptors (Lipinski definition) is 4. The third-order valence-corrected chi connectivity index (χ3v) is 4.88. The molecule has 2 amide bonds. The Hall–Kier alpha value is -2.38. The first-order chi connectivity index (χ1) is 11.8. The first kappa shape index (κ1) is 19.0. The van der Waals surface area contributed by atoms with Crippen molar-refractivity contribution in [2.75, 3.05) is 14.1 Å². The van der Waals surface area contributed by atoms with E-state index in [1.807, 2.05) is 50.0 Å². The highest BCUT2D eigenvalue weighted by Crippen LogP contribution is 2.10. The van der Waals surface area contributed by atoms with Gasteiger partial charge in [-0.25, -0.2) is 17.9 Å². The maximum atomic E-state index is 12.1. The first-order valence-corrected chi connectivity index (χ1v) is 9.34. The molecule has 0 aliphatic carbocycles. The number of hydrogen-bond donors (Lipinski definition) is 2. The molecular weight excluding hydrogens is 338 g/mol. The fourth-order valence-electron chi connectivity index (χ4n) is 2.24. The van der Waals surface area contributed by atoms with Crippen molar-refractivity contribution >= 4 is 16.1 Å². The zero-order valence-electron chi connectivity index (χ0n) is 14.6. The van der Waals surface area contributed by atoms with Gasteiger partial charge < -0.3 is 10.2 Å². The first-order valence-electron chi connectivity index (χ1n) is 7.86. The molecule has 0 aromatic heterocycles. The van der Waals surface area contributed by atoms with Crippen molar-refractivity contribution < 1.29 is 13.2 Å². The van der Waals surface area contributed by atoms with Crippen molar-refractivity contribution in [3.8, 4) is 0 Å². The summed E-state index contributed by atoms with van der Waals surface area (Å²) in [5, 5.41) is 2.56. The number of sulfonamides is 1. The molecule has 0 atom stereocenters. The second kappa shape index (κ2) is 8.13. The fourth-order valence-corrected chi connectivity index (χ4v) is 3.17. The van der Waals surface area contributed by atoms with E-state index in [9.17, 15) is 13.2 Å². The summed E-state index contributed by atoms with van der Waals surface area (Å²) in [6.07, 6.45) is 0. The Morgan fingerprint density at radius 2 is 1.52 bits per heavy atom. The number of amides is 2. The van der Waals surface area contributed by atoms with Crippen molar-refractivity contribution in [2.24, 2.45) is 0 Å². The van der Waals surface area contributed by atoms with Crippen LogP contribution in [0.15, 0.2) is 53.4 Å². The Morgan fingerprint density at radius 3 is 2.08 bits per heavy atom. The van der Waals surface area contributed by atoms with Crippen molar-refractivity contribution in [3.63, 3.8) is 0 Å². The van der Waals surface area contributed by atoms with Crippen molar-refractivity contribution in [1.82, 2.24) is 14.9 Å². The molecule has 7 heteroatoms. The molecule has 0 spiro atoms. The lowest BCUT2D eigenvalue weighted by Crippen LogP contribution is -2.39. The van der Waals surface area contributed by atoms with Gasteiger partial charge in [-0.1, -0.05) is 42.0 Å². The number of benzene rings is 2. The Bertz CT molecular complexity index is 814. The second-order valence-electron chi connectivity index (χ2n) is 6.16. The fraction of sp³-hybridized carbons (Fsp3) is 0.278. The minimum absolute atomic E-state index is 0.0567. The van der Waals surface area contributed by atoms with Crippen LogP contribution in [0.25, 0.3) is 0 Å². The van der Waals surface area contributed by atoms with Crippen LogP contribution >= 0.6 is 0 Å². The molecular formula is C18H23N3O3S. The third kappa shape index (κ3) is 5.88. The van der Waals surface area contributed by atoms with Gasteiger partial charge in [0.2, 0.25) is 0 Å². The van der Waals surface area contributed by atoms with E-state index in [-0.39, 0.29) is 11.4 Å².